The van der Waals surface area contributed by atoms with Crippen molar-refractivity contribution in [2.24, 2.45) is 0 Å². The molecule has 0 aromatic heterocycles. The summed E-state index contributed by atoms with van der Waals surface area (Å²) in [6.45, 7) is 4.50. The second-order valence-corrected chi connectivity index (χ2v) is 7.71. The van der Waals surface area contributed by atoms with Crippen LogP contribution in [-0.2, 0) is 10.2 Å². The zero-order valence-corrected chi connectivity index (χ0v) is 17.5. The topological polar surface area (TPSA) is 29.5 Å². The molecule has 0 amide bonds. The van der Waals surface area contributed by atoms with Crippen LogP contribution >= 0.6 is 17.0 Å². The smallest absolute Gasteiger partial charge is 0.311 e. The van der Waals surface area contributed by atoms with E-state index in [1.807, 2.05) is 12.1 Å². The standard InChI is InChI=1S/C21H31NO2.BrH/c1-4-5-6-12-20(23)24-19-11-7-9-17(14-19)21-13-8-10-18(15-21)22(3)16(21)2;/h7,9,11,14,16,18H,4-6,8,10,12-13,15H2,1-3H3;1H. The summed E-state index contributed by atoms with van der Waals surface area (Å²) >= 11 is 0. The molecule has 0 N–H and O–H groups in total. The molecule has 1 heterocycles. The van der Waals surface area contributed by atoms with Gasteiger partial charge >= 0.3 is 5.97 Å². The molecule has 2 bridgehead atoms. The van der Waals surface area contributed by atoms with Gasteiger partial charge in [0.25, 0.3) is 0 Å². The Kier molecular flexibility index (Phi) is 7.10. The van der Waals surface area contributed by atoms with E-state index in [4.69, 9.17) is 4.74 Å². The third-order valence-electron chi connectivity index (χ3n) is 6.37. The number of benzene rings is 1. The Bertz CT molecular complexity index is 591. The van der Waals surface area contributed by atoms with Crippen molar-refractivity contribution in [3.8, 4) is 5.75 Å². The minimum atomic E-state index is -0.101. The minimum absolute atomic E-state index is 0. The Morgan fingerprint density at radius 2 is 2.16 bits per heavy atom. The summed E-state index contributed by atoms with van der Waals surface area (Å²) in [5, 5.41) is 0. The number of hydrogen-bond donors (Lipinski definition) is 0. The van der Waals surface area contributed by atoms with E-state index in [-0.39, 0.29) is 28.4 Å². The van der Waals surface area contributed by atoms with Crippen LogP contribution in [0.25, 0.3) is 0 Å². The summed E-state index contributed by atoms with van der Waals surface area (Å²) in [7, 11) is 2.26. The molecule has 2 fully saturated rings. The second-order valence-electron chi connectivity index (χ2n) is 7.71. The van der Waals surface area contributed by atoms with E-state index >= 15 is 0 Å². The SMILES string of the molecule is Br.CCCCCC(=O)Oc1cccc(C23CCCC(C2)N(C)C3C)c1. The van der Waals surface area contributed by atoms with E-state index in [9.17, 15) is 4.79 Å². The molecule has 1 aromatic rings. The molecule has 1 saturated carbocycles. The molecular weight excluding hydrogens is 378 g/mol. The summed E-state index contributed by atoms with van der Waals surface area (Å²) in [5.74, 6) is 0.614. The van der Waals surface area contributed by atoms with E-state index in [1.54, 1.807) is 0 Å². The van der Waals surface area contributed by atoms with Gasteiger partial charge in [-0.15, -0.1) is 17.0 Å². The molecule has 3 atom stereocenters. The molecule has 25 heavy (non-hydrogen) atoms. The molecule has 4 heteroatoms. The lowest BCUT2D eigenvalue weighted by molar-refractivity contribution is -0.134. The minimum Gasteiger partial charge on any atom is -0.427 e. The lowest BCUT2D eigenvalue weighted by atomic mass is 9.67. The molecule has 3 nitrogen and oxygen atoms in total. The van der Waals surface area contributed by atoms with Gasteiger partial charge in [0.05, 0.1) is 0 Å². The van der Waals surface area contributed by atoms with Crippen molar-refractivity contribution in [1.29, 1.82) is 0 Å². The van der Waals surface area contributed by atoms with Crippen molar-refractivity contribution >= 4 is 23.0 Å². The fourth-order valence-corrected chi connectivity index (χ4v) is 4.79. The lowest BCUT2D eigenvalue weighted by Crippen LogP contribution is -2.38. The third kappa shape index (κ3) is 4.11. The first kappa shape index (κ1) is 20.4. The molecule has 3 rings (SSSR count). The number of rotatable bonds is 6. The Balaban J connectivity index is 0.00000225. The average molecular weight is 410 g/mol. The Morgan fingerprint density at radius 1 is 1.36 bits per heavy atom. The van der Waals surface area contributed by atoms with E-state index in [0.717, 1.165) is 19.3 Å². The van der Waals surface area contributed by atoms with Crippen molar-refractivity contribution in [2.45, 2.75) is 82.7 Å². The quantitative estimate of drug-likeness (QED) is 0.364. The highest BCUT2D eigenvalue weighted by Gasteiger charge is 2.51. The maximum atomic E-state index is 12.0. The van der Waals surface area contributed by atoms with Gasteiger partial charge in [-0.2, -0.15) is 0 Å². The predicted molar refractivity (Wildman–Crippen MR) is 108 cm³/mol. The molecule has 0 radical (unpaired) electrons. The number of carbonyl (C=O) groups is 1. The Morgan fingerprint density at radius 3 is 2.92 bits per heavy atom. The molecule has 1 aliphatic carbocycles. The molecule has 1 saturated heterocycles. The number of likely N-dealkylation sites (tertiary alicyclic amines) is 1. The summed E-state index contributed by atoms with van der Waals surface area (Å²) in [4.78, 5) is 14.6. The van der Waals surface area contributed by atoms with Crippen molar-refractivity contribution in [2.75, 3.05) is 7.05 Å². The van der Waals surface area contributed by atoms with Crippen LogP contribution in [0.2, 0.25) is 0 Å². The Labute approximate surface area is 162 Å². The fraction of sp³-hybridized carbons (Fsp3) is 0.667. The fourth-order valence-electron chi connectivity index (χ4n) is 4.79. The normalized spacial score (nSPS) is 28.4. The van der Waals surface area contributed by atoms with Gasteiger partial charge in [0.1, 0.15) is 5.75 Å². The number of carbonyl (C=O) groups excluding carboxylic acids is 1. The molecule has 1 aromatic carbocycles. The molecule has 140 valence electrons. The van der Waals surface area contributed by atoms with Crippen LogP contribution in [0.5, 0.6) is 5.75 Å². The van der Waals surface area contributed by atoms with E-state index in [1.165, 1.54) is 31.2 Å². The predicted octanol–water partition coefficient (Wildman–Crippen LogP) is 5.26. The van der Waals surface area contributed by atoms with Crippen molar-refractivity contribution < 1.29 is 9.53 Å². The van der Waals surface area contributed by atoms with Crippen molar-refractivity contribution in [3.63, 3.8) is 0 Å². The van der Waals surface area contributed by atoms with E-state index in [2.05, 4.69) is 37.9 Å². The van der Waals surface area contributed by atoms with Gasteiger partial charge in [0.15, 0.2) is 0 Å². The van der Waals surface area contributed by atoms with Crippen molar-refractivity contribution in [3.05, 3.63) is 29.8 Å². The van der Waals surface area contributed by atoms with Crippen LogP contribution in [-0.4, -0.2) is 30.0 Å². The number of nitrogens with zero attached hydrogens (tertiary/aromatic N) is 1. The highest BCUT2D eigenvalue weighted by molar-refractivity contribution is 8.93. The molecule has 2 aliphatic rings. The van der Waals surface area contributed by atoms with Gasteiger partial charge in [0, 0.05) is 23.9 Å². The van der Waals surface area contributed by atoms with Gasteiger partial charge in [-0.1, -0.05) is 38.3 Å². The first-order chi connectivity index (χ1) is 11.6. The van der Waals surface area contributed by atoms with Crippen LogP contribution in [0.15, 0.2) is 24.3 Å². The summed E-state index contributed by atoms with van der Waals surface area (Å²) < 4.78 is 5.61. The second kappa shape index (κ2) is 8.68. The number of ether oxygens (including phenoxy) is 1. The van der Waals surface area contributed by atoms with Crippen LogP contribution < -0.4 is 4.74 Å². The van der Waals surface area contributed by atoms with Crippen LogP contribution in [0.3, 0.4) is 0 Å². The average Bonchev–Trinajstić information content (AvgIpc) is 2.76. The molecular formula is C21H32BrNO2. The van der Waals surface area contributed by atoms with Crippen LogP contribution in [0, 0.1) is 0 Å². The van der Waals surface area contributed by atoms with Gasteiger partial charge in [-0.25, -0.2) is 0 Å². The van der Waals surface area contributed by atoms with Gasteiger partial charge in [-0.05, 0) is 57.4 Å². The van der Waals surface area contributed by atoms with Crippen LogP contribution in [0.1, 0.15) is 70.8 Å². The third-order valence-corrected chi connectivity index (χ3v) is 6.37. The zero-order chi connectivity index (χ0) is 17.2. The number of halogens is 1. The van der Waals surface area contributed by atoms with E-state index in [0.29, 0.717) is 24.3 Å². The summed E-state index contributed by atoms with van der Waals surface area (Å²) in [6.07, 6.45) is 8.73. The lowest BCUT2D eigenvalue weighted by Gasteiger charge is -2.36. The van der Waals surface area contributed by atoms with Crippen LogP contribution in [0.4, 0.5) is 0 Å². The number of likely N-dealkylation sites (N-methyl/N-ethyl adjacent to an activating group) is 1. The van der Waals surface area contributed by atoms with Crippen molar-refractivity contribution in [1.82, 2.24) is 4.90 Å². The number of fused-ring (bicyclic) bond motifs is 2. The number of esters is 1. The zero-order valence-electron chi connectivity index (χ0n) is 15.8. The Hall–Kier alpha value is -0.870. The molecule has 0 spiro atoms. The monoisotopic (exact) mass is 409 g/mol. The summed E-state index contributed by atoms with van der Waals surface area (Å²) in [6, 6.07) is 9.56. The van der Waals surface area contributed by atoms with Gasteiger partial charge in [-0.3, -0.25) is 9.69 Å². The first-order valence-corrected chi connectivity index (χ1v) is 9.60. The number of unbranched alkanes of at least 4 members (excludes halogenated alkanes) is 2. The van der Waals surface area contributed by atoms with Gasteiger partial charge in [0.2, 0.25) is 0 Å². The molecule has 3 unspecified atom stereocenters. The maximum Gasteiger partial charge on any atom is 0.311 e. The summed E-state index contributed by atoms with van der Waals surface area (Å²) in [5.41, 5.74) is 1.57. The highest BCUT2D eigenvalue weighted by Crippen LogP contribution is 2.51. The molecule has 1 aliphatic heterocycles. The van der Waals surface area contributed by atoms with E-state index < -0.39 is 0 Å². The van der Waals surface area contributed by atoms with Gasteiger partial charge < -0.3 is 4.74 Å². The maximum absolute atomic E-state index is 12.0. The largest absolute Gasteiger partial charge is 0.427 e. The highest BCUT2D eigenvalue weighted by atomic mass is 79.9. The number of hydrogen-bond acceptors (Lipinski definition) is 3. The first-order valence-electron chi connectivity index (χ1n) is 9.60.